The SMILES string of the molecule is c1ccc(-c2nc(-c3ccccc3)nc(-c3cccc4sc5cc(-c6cccc7c6sc6c(-n8c9ccccc9c9ccccc98)cccc67)ccc5c34)n2)cc1. The minimum atomic E-state index is 0.663. The summed E-state index contributed by atoms with van der Waals surface area (Å²) in [5.41, 5.74) is 9.06. The van der Waals surface area contributed by atoms with Gasteiger partial charge in [-0.2, -0.15) is 0 Å². The summed E-state index contributed by atoms with van der Waals surface area (Å²) in [6.45, 7) is 0. The van der Waals surface area contributed by atoms with Crippen LogP contribution in [0.15, 0.2) is 182 Å². The maximum absolute atomic E-state index is 5.10. The Kier molecular flexibility index (Phi) is 7.24. The van der Waals surface area contributed by atoms with Gasteiger partial charge in [-0.3, -0.25) is 0 Å². The molecule has 0 atom stereocenters. The van der Waals surface area contributed by atoms with Crippen molar-refractivity contribution in [2.24, 2.45) is 0 Å². The molecule has 4 aromatic heterocycles. The Hall–Kier alpha value is -6.99. The van der Waals surface area contributed by atoms with Crippen molar-refractivity contribution in [2.75, 3.05) is 0 Å². The van der Waals surface area contributed by atoms with E-state index in [1.165, 1.54) is 79.0 Å². The van der Waals surface area contributed by atoms with Crippen LogP contribution in [0.5, 0.6) is 0 Å². The second-order valence-corrected chi connectivity index (χ2v) is 16.4. The number of hydrogen-bond donors (Lipinski definition) is 0. The molecule has 0 N–H and O–H groups in total. The average molecular weight is 763 g/mol. The first kappa shape index (κ1) is 32.3. The maximum atomic E-state index is 5.10. The molecule has 0 aliphatic rings. The third-order valence-corrected chi connectivity index (χ3v) is 13.5. The van der Waals surface area contributed by atoms with Crippen LogP contribution in [0, 0.1) is 0 Å². The Bertz CT molecular complexity index is 3410. The van der Waals surface area contributed by atoms with Crippen molar-refractivity contribution < 1.29 is 0 Å². The number of rotatable bonds is 5. The molecule has 57 heavy (non-hydrogen) atoms. The first-order chi connectivity index (χ1) is 28.3. The van der Waals surface area contributed by atoms with E-state index in [1.807, 2.05) is 59.1 Å². The number of benzene rings is 8. The molecule has 0 radical (unpaired) electrons. The van der Waals surface area contributed by atoms with Crippen molar-refractivity contribution in [3.63, 3.8) is 0 Å². The van der Waals surface area contributed by atoms with E-state index in [0.29, 0.717) is 17.5 Å². The fourth-order valence-electron chi connectivity index (χ4n) is 8.50. The number of hydrogen-bond acceptors (Lipinski definition) is 5. The Morgan fingerprint density at radius 1 is 0.351 bits per heavy atom. The zero-order chi connectivity index (χ0) is 37.5. The van der Waals surface area contributed by atoms with E-state index in [4.69, 9.17) is 15.0 Å². The highest BCUT2D eigenvalue weighted by Crippen LogP contribution is 2.46. The van der Waals surface area contributed by atoms with Gasteiger partial charge in [0, 0.05) is 63.1 Å². The van der Waals surface area contributed by atoms with E-state index in [2.05, 4.69) is 150 Å². The predicted molar refractivity (Wildman–Crippen MR) is 242 cm³/mol. The normalized spacial score (nSPS) is 11.9. The Balaban J connectivity index is 1.02. The molecule has 0 aliphatic heterocycles. The van der Waals surface area contributed by atoms with E-state index in [0.717, 1.165) is 16.7 Å². The summed E-state index contributed by atoms with van der Waals surface area (Å²) in [6.07, 6.45) is 0. The summed E-state index contributed by atoms with van der Waals surface area (Å²) in [4.78, 5) is 15.1. The van der Waals surface area contributed by atoms with Gasteiger partial charge < -0.3 is 4.57 Å². The van der Waals surface area contributed by atoms with Crippen molar-refractivity contribution in [2.45, 2.75) is 0 Å². The van der Waals surface area contributed by atoms with Crippen LogP contribution in [-0.4, -0.2) is 19.5 Å². The minimum Gasteiger partial charge on any atom is -0.308 e. The molecule has 0 spiro atoms. The Morgan fingerprint density at radius 3 is 1.61 bits per heavy atom. The van der Waals surface area contributed by atoms with Crippen LogP contribution < -0.4 is 0 Å². The number of para-hydroxylation sites is 2. The molecule has 12 rings (SSSR count). The standard InChI is InChI=1S/C51H30N4S2/c1-3-14-31(15-4-1)49-52-50(32-16-5-2-6-17-32)54-51(53-49)40-23-13-27-44-46(40)39-29-28-33(30-45(39)56-44)34-20-11-21-37-38-22-12-26-43(48(38)57-47(34)37)55-41-24-9-7-18-35(41)36-19-8-10-25-42(36)55/h1-30H. The molecule has 0 saturated heterocycles. The molecule has 0 bridgehead atoms. The molecule has 4 nitrogen and oxygen atoms in total. The number of aromatic nitrogens is 4. The number of fused-ring (bicyclic) bond motifs is 9. The number of nitrogens with zero attached hydrogens (tertiary/aromatic N) is 4. The van der Waals surface area contributed by atoms with Crippen LogP contribution in [0.3, 0.4) is 0 Å². The summed E-state index contributed by atoms with van der Waals surface area (Å²) in [6, 6.07) is 64.8. The van der Waals surface area contributed by atoms with Gasteiger partial charge in [0.25, 0.3) is 0 Å². The van der Waals surface area contributed by atoms with Crippen molar-refractivity contribution in [1.29, 1.82) is 0 Å². The third kappa shape index (κ3) is 5.08. The van der Waals surface area contributed by atoms with Gasteiger partial charge in [-0.15, -0.1) is 22.7 Å². The van der Waals surface area contributed by atoms with Gasteiger partial charge in [0.2, 0.25) is 0 Å². The smallest absolute Gasteiger partial charge is 0.164 e. The molecule has 0 saturated carbocycles. The molecular formula is C51H30N4S2. The first-order valence-corrected chi connectivity index (χ1v) is 20.7. The van der Waals surface area contributed by atoms with Crippen LogP contribution in [0.4, 0.5) is 0 Å². The van der Waals surface area contributed by atoms with E-state index in [1.54, 1.807) is 0 Å². The van der Waals surface area contributed by atoms with E-state index in [-0.39, 0.29) is 0 Å². The number of thiophene rings is 2. The van der Waals surface area contributed by atoms with Crippen molar-refractivity contribution in [1.82, 2.24) is 19.5 Å². The third-order valence-electron chi connectivity index (χ3n) is 11.1. The zero-order valence-corrected chi connectivity index (χ0v) is 32.1. The lowest BCUT2D eigenvalue weighted by atomic mass is 10.00. The van der Waals surface area contributed by atoms with Crippen molar-refractivity contribution in [3.8, 4) is 51.0 Å². The second kappa shape index (κ2) is 12.8. The van der Waals surface area contributed by atoms with Gasteiger partial charge in [0.15, 0.2) is 17.5 Å². The molecule has 0 amide bonds. The van der Waals surface area contributed by atoms with Gasteiger partial charge in [-0.05, 0) is 41.5 Å². The van der Waals surface area contributed by atoms with Crippen molar-refractivity contribution >= 4 is 84.8 Å². The van der Waals surface area contributed by atoms with Gasteiger partial charge >= 0.3 is 0 Å². The molecule has 266 valence electrons. The summed E-state index contributed by atoms with van der Waals surface area (Å²) in [5.74, 6) is 2.00. The highest BCUT2D eigenvalue weighted by molar-refractivity contribution is 7.27. The molecular weight excluding hydrogens is 733 g/mol. The average Bonchev–Trinajstić information content (AvgIpc) is 3.96. The molecule has 0 fully saturated rings. The van der Waals surface area contributed by atoms with E-state index < -0.39 is 0 Å². The van der Waals surface area contributed by atoms with Gasteiger partial charge in [-0.1, -0.05) is 152 Å². The lowest BCUT2D eigenvalue weighted by Crippen LogP contribution is -2.00. The first-order valence-electron chi connectivity index (χ1n) is 19.0. The minimum absolute atomic E-state index is 0.663. The fraction of sp³-hybridized carbons (Fsp3) is 0. The van der Waals surface area contributed by atoms with Crippen LogP contribution >= 0.6 is 22.7 Å². The maximum Gasteiger partial charge on any atom is 0.164 e. The highest BCUT2D eigenvalue weighted by atomic mass is 32.1. The monoisotopic (exact) mass is 762 g/mol. The van der Waals surface area contributed by atoms with Crippen molar-refractivity contribution in [3.05, 3.63) is 182 Å². The highest BCUT2D eigenvalue weighted by Gasteiger charge is 2.20. The summed E-state index contributed by atoms with van der Waals surface area (Å²) in [5, 5.41) is 7.49. The predicted octanol–water partition coefficient (Wildman–Crippen LogP) is 14.4. The zero-order valence-electron chi connectivity index (χ0n) is 30.4. The Labute approximate surface area is 335 Å². The fourth-order valence-corrected chi connectivity index (χ4v) is 11.0. The van der Waals surface area contributed by atoms with Gasteiger partial charge in [0.05, 0.1) is 21.4 Å². The van der Waals surface area contributed by atoms with Crippen LogP contribution in [0.1, 0.15) is 0 Å². The lowest BCUT2D eigenvalue weighted by Gasteiger charge is -2.09. The van der Waals surface area contributed by atoms with E-state index in [9.17, 15) is 0 Å². The summed E-state index contributed by atoms with van der Waals surface area (Å²) < 4.78 is 7.48. The molecule has 0 unspecified atom stereocenters. The molecule has 12 aromatic rings. The molecule has 4 heterocycles. The van der Waals surface area contributed by atoms with E-state index >= 15 is 0 Å². The van der Waals surface area contributed by atoms with Crippen LogP contribution in [0.2, 0.25) is 0 Å². The molecule has 6 heteroatoms. The molecule has 0 aliphatic carbocycles. The van der Waals surface area contributed by atoms with Crippen LogP contribution in [0.25, 0.3) is 113 Å². The second-order valence-electron chi connectivity index (χ2n) is 14.3. The Morgan fingerprint density at radius 2 is 0.912 bits per heavy atom. The largest absolute Gasteiger partial charge is 0.308 e. The van der Waals surface area contributed by atoms with Gasteiger partial charge in [-0.25, -0.2) is 15.0 Å². The quantitative estimate of drug-likeness (QED) is 0.175. The molecule has 8 aromatic carbocycles. The van der Waals surface area contributed by atoms with Gasteiger partial charge in [0.1, 0.15) is 0 Å². The summed E-state index contributed by atoms with van der Waals surface area (Å²) in [7, 11) is 0. The lowest BCUT2D eigenvalue weighted by molar-refractivity contribution is 1.08. The van der Waals surface area contributed by atoms with Crippen LogP contribution in [-0.2, 0) is 0 Å². The summed E-state index contributed by atoms with van der Waals surface area (Å²) >= 11 is 3.72. The topological polar surface area (TPSA) is 43.6 Å².